The van der Waals surface area contributed by atoms with Gasteiger partial charge in [-0.25, -0.2) is 9.37 Å². The Morgan fingerprint density at radius 2 is 2.06 bits per heavy atom. The SMILES string of the molecule is CCCNc1ncc(F)c(N(CC#N)CC#N)n1. The molecular weight excluding hydrogens is 235 g/mol. The fraction of sp³-hybridized carbons (Fsp3) is 0.455. The summed E-state index contributed by atoms with van der Waals surface area (Å²) in [5, 5.41) is 20.2. The van der Waals surface area contributed by atoms with Gasteiger partial charge in [0.25, 0.3) is 0 Å². The molecule has 0 aliphatic carbocycles. The number of nitrogens with one attached hydrogen (secondary N) is 1. The minimum atomic E-state index is -0.650. The normalized spacial score (nSPS) is 9.33. The van der Waals surface area contributed by atoms with E-state index in [9.17, 15) is 4.39 Å². The van der Waals surface area contributed by atoms with Crippen molar-refractivity contribution in [1.82, 2.24) is 9.97 Å². The first-order valence-electron chi connectivity index (χ1n) is 5.48. The highest BCUT2D eigenvalue weighted by Crippen LogP contribution is 2.16. The van der Waals surface area contributed by atoms with Crippen LogP contribution in [0.4, 0.5) is 16.2 Å². The van der Waals surface area contributed by atoms with Crippen molar-refractivity contribution in [3.63, 3.8) is 0 Å². The van der Waals surface area contributed by atoms with E-state index in [0.29, 0.717) is 6.54 Å². The van der Waals surface area contributed by atoms with Crippen LogP contribution in [0.5, 0.6) is 0 Å². The summed E-state index contributed by atoms with van der Waals surface area (Å²) in [4.78, 5) is 9.02. The maximum Gasteiger partial charge on any atom is 0.224 e. The first-order valence-corrected chi connectivity index (χ1v) is 5.48. The molecule has 0 unspecified atom stereocenters. The Morgan fingerprint density at radius 1 is 1.39 bits per heavy atom. The monoisotopic (exact) mass is 248 g/mol. The minimum Gasteiger partial charge on any atom is -0.354 e. The molecule has 0 aliphatic rings. The topological polar surface area (TPSA) is 88.6 Å². The van der Waals surface area contributed by atoms with Gasteiger partial charge in [-0.05, 0) is 6.42 Å². The number of nitrogens with zero attached hydrogens (tertiary/aromatic N) is 5. The van der Waals surface area contributed by atoms with Crippen molar-refractivity contribution in [3.05, 3.63) is 12.0 Å². The summed E-state index contributed by atoms with van der Waals surface area (Å²) in [6, 6.07) is 3.74. The zero-order valence-electron chi connectivity index (χ0n) is 10.0. The average Bonchev–Trinajstić information content (AvgIpc) is 2.37. The smallest absolute Gasteiger partial charge is 0.224 e. The number of halogens is 1. The molecule has 0 atom stereocenters. The molecule has 0 saturated carbocycles. The third-order valence-corrected chi connectivity index (χ3v) is 2.08. The molecule has 0 amide bonds. The molecule has 0 aliphatic heterocycles. The third-order valence-electron chi connectivity index (χ3n) is 2.08. The molecule has 94 valence electrons. The zero-order valence-corrected chi connectivity index (χ0v) is 10.0. The molecule has 6 nitrogen and oxygen atoms in total. The van der Waals surface area contributed by atoms with Crippen molar-refractivity contribution in [3.8, 4) is 12.1 Å². The highest BCUT2D eigenvalue weighted by Gasteiger charge is 2.14. The second-order valence-corrected chi connectivity index (χ2v) is 3.46. The van der Waals surface area contributed by atoms with Gasteiger partial charge in [0.15, 0.2) is 11.6 Å². The highest BCUT2D eigenvalue weighted by molar-refractivity contribution is 5.45. The maximum atomic E-state index is 13.6. The number of hydrogen-bond acceptors (Lipinski definition) is 6. The van der Waals surface area contributed by atoms with Gasteiger partial charge in [0.2, 0.25) is 5.95 Å². The lowest BCUT2D eigenvalue weighted by atomic mass is 10.4. The van der Waals surface area contributed by atoms with Gasteiger partial charge in [0.1, 0.15) is 13.1 Å². The molecule has 0 bridgehead atoms. The third kappa shape index (κ3) is 3.56. The molecule has 0 radical (unpaired) electrons. The van der Waals surface area contributed by atoms with E-state index in [4.69, 9.17) is 10.5 Å². The van der Waals surface area contributed by atoms with Crippen LogP contribution >= 0.6 is 0 Å². The average molecular weight is 248 g/mol. The van der Waals surface area contributed by atoms with Gasteiger partial charge in [-0.3, -0.25) is 0 Å². The molecular formula is C11H13FN6. The molecule has 1 aromatic heterocycles. The van der Waals surface area contributed by atoms with E-state index in [-0.39, 0.29) is 24.9 Å². The largest absolute Gasteiger partial charge is 0.354 e. The lowest BCUT2D eigenvalue weighted by Crippen LogP contribution is -2.26. The van der Waals surface area contributed by atoms with E-state index in [0.717, 1.165) is 12.6 Å². The van der Waals surface area contributed by atoms with E-state index in [1.54, 1.807) is 0 Å². The molecule has 7 heteroatoms. The first-order chi connectivity index (χ1) is 8.72. The lowest BCUT2D eigenvalue weighted by molar-refractivity contribution is 0.608. The molecule has 1 heterocycles. The summed E-state index contributed by atoms with van der Waals surface area (Å²) < 4.78 is 13.6. The van der Waals surface area contributed by atoms with E-state index in [1.807, 2.05) is 19.1 Å². The zero-order chi connectivity index (χ0) is 13.4. The summed E-state index contributed by atoms with van der Waals surface area (Å²) >= 11 is 0. The van der Waals surface area contributed by atoms with Crippen molar-refractivity contribution in [2.75, 3.05) is 29.9 Å². The van der Waals surface area contributed by atoms with Gasteiger partial charge in [-0.1, -0.05) is 6.92 Å². The number of nitriles is 2. The molecule has 0 fully saturated rings. The fourth-order valence-electron chi connectivity index (χ4n) is 1.28. The Labute approximate surface area is 105 Å². The Balaban J connectivity index is 2.97. The predicted octanol–water partition coefficient (Wildman–Crippen LogP) is 1.29. The number of hydrogen-bond donors (Lipinski definition) is 1. The van der Waals surface area contributed by atoms with Gasteiger partial charge < -0.3 is 10.2 Å². The fourth-order valence-corrected chi connectivity index (χ4v) is 1.28. The van der Waals surface area contributed by atoms with Crippen molar-refractivity contribution >= 4 is 11.8 Å². The van der Waals surface area contributed by atoms with Crippen molar-refractivity contribution in [2.24, 2.45) is 0 Å². The van der Waals surface area contributed by atoms with Crippen molar-refractivity contribution < 1.29 is 4.39 Å². The standard InChI is InChI=1S/C11H13FN6/c1-2-5-15-11-16-8-9(12)10(17-11)18(6-3-13)7-4-14/h8H,2,5-7H2,1H3,(H,15,16,17). The van der Waals surface area contributed by atoms with Crippen LogP contribution in [-0.2, 0) is 0 Å². The van der Waals surface area contributed by atoms with Crippen LogP contribution in [0.25, 0.3) is 0 Å². The van der Waals surface area contributed by atoms with Crippen LogP contribution in [0.1, 0.15) is 13.3 Å². The van der Waals surface area contributed by atoms with E-state index < -0.39 is 5.82 Å². The van der Waals surface area contributed by atoms with Crippen LogP contribution in [0.3, 0.4) is 0 Å². The Bertz CT molecular complexity index is 459. The molecule has 1 rings (SSSR count). The van der Waals surface area contributed by atoms with Crippen LogP contribution in [-0.4, -0.2) is 29.6 Å². The van der Waals surface area contributed by atoms with Crippen LogP contribution in [0.2, 0.25) is 0 Å². The molecule has 1 N–H and O–H groups in total. The van der Waals surface area contributed by atoms with Crippen molar-refractivity contribution in [2.45, 2.75) is 13.3 Å². The van der Waals surface area contributed by atoms with Crippen LogP contribution in [0.15, 0.2) is 6.20 Å². The van der Waals surface area contributed by atoms with E-state index in [2.05, 4.69) is 15.3 Å². The number of anilines is 2. The highest BCUT2D eigenvalue weighted by atomic mass is 19.1. The molecule has 18 heavy (non-hydrogen) atoms. The number of aromatic nitrogens is 2. The van der Waals surface area contributed by atoms with Crippen LogP contribution < -0.4 is 10.2 Å². The maximum absolute atomic E-state index is 13.6. The van der Waals surface area contributed by atoms with Gasteiger partial charge in [-0.15, -0.1) is 0 Å². The van der Waals surface area contributed by atoms with Gasteiger partial charge in [0.05, 0.1) is 18.3 Å². The summed E-state index contributed by atoms with van der Waals surface area (Å²) in [5.41, 5.74) is 0. The van der Waals surface area contributed by atoms with Gasteiger partial charge in [-0.2, -0.15) is 15.5 Å². The number of rotatable bonds is 6. The second-order valence-electron chi connectivity index (χ2n) is 3.46. The Kier molecular flexibility index (Phi) is 5.33. The van der Waals surface area contributed by atoms with Crippen LogP contribution in [0, 0.1) is 28.5 Å². The predicted molar refractivity (Wildman–Crippen MR) is 64.2 cm³/mol. The van der Waals surface area contributed by atoms with E-state index in [1.165, 1.54) is 4.90 Å². The lowest BCUT2D eigenvalue weighted by Gasteiger charge is -2.17. The Morgan fingerprint density at radius 3 is 2.61 bits per heavy atom. The summed E-state index contributed by atoms with van der Waals surface area (Å²) in [6.07, 6.45) is 1.91. The van der Waals surface area contributed by atoms with Gasteiger partial charge in [0, 0.05) is 6.54 Å². The van der Waals surface area contributed by atoms with Crippen molar-refractivity contribution in [1.29, 1.82) is 10.5 Å². The molecule has 1 aromatic rings. The molecule has 0 spiro atoms. The van der Waals surface area contributed by atoms with E-state index >= 15 is 0 Å². The Hall–Kier alpha value is -2.41. The quantitative estimate of drug-likeness (QED) is 0.763. The van der Waals surface area contributed by atoms with Gasteiger partial charge >= 0.3 is 0 Å². The first kappa shape index (κ1) is 13.7. The molecule has 0 saturated heterocycles. The summed E-state index contributed by atoms with van der Waals surface area (Å²) in [7, 11) is 0. The minimum absolute atomic E-state index is 0.0355. The summed E-state index contributed by atoms with van der Waals surface area (Å²) in [6.45, 7) is 2.44. The summed E-state index contributed by atoms with van der Waals surface area (Å²) in [5.74, 6) is -0.400. The molecule has 0 aromatic carbocycles. The second kappa shape index (κ2) is 7.02.